The van der Waals surface area contributed by atoms with Gasteiger partial charge in [-0.3, -0.25) is 4.79 Å². The number of ether oxygens (including phenoxy) is 3. The van der Waals surface area contributed by atoms with Gasteiger partial charge in [-0.1, -0.05) is 19.3 Å². The topological polar surface area (TPSA) is 61.8 Å². The minimum absolute atomic E-state index is 0.133. The van der Waals surface area contributed by atoms with Crippen molar-refractivity contribution in [1.29, 1.82) is 0 Å². The van der Waals surface area contributed by atoms with Crippen LogP contribution in [0.4, 0.5) is 4.79 Å². The number of rotatable bonds is 4. The lowest BCUT2D eigenvalue weighted by molar-refractivity contribution is -0.171. The minimum Gasteiger partial charge on any atom is -0.425 e. The molecule has 1 saturated carbocycles. The molecule has 0 spiro atoms. The van der Waals surface area contributed by atoms with E-state index in [1.54, 1.807) is 6.92 Å². The molecule has 0 radical (unpaired) electrons. The Morgan fingerprint density at radius 1 is 1.05 bits per heavy atom. The quantitative estimate of drug-likeness (QED) is 0.584. The molecule has 2 fully saturated rings. The molecule has 0 bridgehead atoms. The third-order valence-corrected chi connectivity index (χ3v) is 5.01. The second-order valence-electron chi connectivity index (χ2n) is 5.64. The third-order valence-electron chi connectivity index (χ3n) is 3.91. The summed E-state index contributed by atoms with van der Waals surface area (Å²) in [5, 5.41) is 0.0128. The average Bonchev–Trinajstić information content (AvgIpc) is 2.48. The summed E-state index contributed by atoms with van der Waals surface area (Å²) in [6, 6.07) is 0. The van der Waals surface area contributed by atoms with Gasteiger partial charge < -0.3 is 14.2 Å². The Morgan fingerprint density at radius 3 is 2.38 bits per heavy atom. The summed E-state index contributed by atoms with van der Waals surface area (Å²) in [6.07, 6.45) is 6.28. The Bertz CT molecular complexity index is 348. The standard InChI is InChI=1S/C15H24O5S/c1-11(19-14(16)12-7-9-18-10-8-12)20-15(17)21-13-5-3-2-4-6-13/h11-13H,2-10H2,1H3. The second kappa shape index (κ2) is 8.63. The zero-order valence-corrected chi connectivity index (χ0v) is 13.4. The minimum atomic E-state index is -0.816. The number of esters is 1. The van der Waals surface area contributed by atoms with Crippen molar-refractivity contribution in [3.05, 3.63) is 0 Å². The van der Waals surface area contributed by atoms with E-state index in [4.69, 9.17) is 14.2 Å². The summed E-state index contributed by atoms with van der Waals surface area (Å²) >= 11 is 1.24. The molecule has 2 rings (SSSR count). The predicted octanol–water partition coefficient (Wildman–Crippen LogP) is 3.50. The number of carbonyl (C=O) groups excluding carboxylic acids is 2. The van der Waals surface area contributed by atoms with Crippen LogP contribution < -0.4 is 0 Å². The fourth-order valence-corrected chi connectivity index (χ4v) is 3.73. The van der Waals surface area contributed by atoms with E-state index in [9.17, 15) is 9.59 Å². The van der Waals surface area contributed by atoms with Crippen molar-refractivity contribution in [2.75, 3.05) is 13.2 Å². The maximum absolute atomic E-state index is 11.9. The number of thioether (sulfide) groups is 1. The van der Waals surface area contributed by atoms with E-state index in [0.717, 1.165) is 12.8 Å². The molecule has 0 N–H and O–H groups in total. The Kier molecular flexibility index (Phi) is 6.83. The van der Waals surface area contributed by atoms with Crippen molar-refractivity contribution in [2.45, 2.75) is 63.4 Å². The molecule has 0 aromatic heterocycles. The largest absolute Gasteiger partial charge is 0.425 e. The van der Waals surface area contributed by atoms with Crippen molar-refractivity contribution in [2.24, 2.45) is 5.92 Å². The maximum Gasteiger partial charge on any atom is 0.370 e. The van der Waals surface area contributed by atoms with Gasteiger partial charge in [0, 0.05) is 25.4 Å². The van der Waals surface area contributed by atoms with E-state index in [0.29, 0.717) is 31.3 Å². The molecule has 1 saturated heterocycles. The zero-order chi connectivity index (χ0) is 15.1. The third kappa shape index (κ3) is 5.87. The molecular formula is C15H24O5S. The van der Waals surface area contributed by atoms with E-state index >= 15 is 0 Å². The van der Waals surface area contributed by atoms with Crippen LogP contribution >= 0.6 is 11.8 Å². The summed E-state index contributed by atoms with van der Waals surface area (Å²) in [5.41, 5.74) is 0. The monoisotopic (exact) mass is 316 g/mol. The normalized spacial score (nSPS) is 22.5. The van der Waals surface area contributed by atoms with Gasteiger partial charge in [0.15, 0.2) is 0 Å². The van der Waals surface area contributed by atoms with Crippen LogP contribution in [-0.2, 0) is 19.0 Å². The van der Waals surface area contributed by atoms with E-state index in [1.165, 1.54) is 31.0 Å². The highest BCUT2D eigenvalue weighted by molar-refractivity contribution is 8.13. The molecule has 1 aliphatic carbocycles. The summed E-state index contributed by atoms with van der Waals surface area (Å²) in [4.78, 5) is 23.7. The maximum atomic E-state index is 11.9. The highest BCUT2D eigenvalue weighted by Crippen LogP contribution is 2.29. The summed E-state index contributed by atoms with van der Waals surface area (Å²) in [7, 11) is 0. The molecule has 6 heteroatoms. The number of hydrogen-bond donors (Lipinski definition) is 0. The van der Waals surface area contributed by atoms with Crippen molar-refractivity contribution in [3.63, 3.8) is 0 Å². The van der Waals surface area contributed by atoms with E-state index in [2.05, 4.69) is 0 Å². The highest BCUT2D eigenvalue weighted by Gasteiger charge is 2.26. The van der Waals surface area contributed by atoms with Gasteiger partial charge in [0.1, 0.15) is 0 Å². The van der Waals surface area contributed by atoms with Gasteiger partial charge in [0.2, 0.25) is 6.29 Å². The van der Waals surface area contributed by atoms with Gasteiger partial charge in [0.25, 0.3) is 0 Å². The van der Waals surface area contributed by atoms with Gasteiger partial charge in [-0.05, 0) is 37.4 Å². The lowest BCUT2D eigenvalue weighted by atomic mass is 10.0. The summed E-state index contributed by atoms with van der Waals surface area (Å²) < 4.78 is 15.6. The summed E-state index contributed by atoms with van der Waals surface area (Å²) in [5.74, 6) is -0.424. The average molecular weight is 316 g/mol. The first-order valence-electron chi connectivity index (χ1n) is 7.80. The molecule has 1 unspecified atom stereocenters. The fraction of sp³-hybridized carbons (Fsp3) is 0.867. The Balaban J connectivity index is 1.66. The van der Waals surface area contributed by atoms with Crippen molar-refractivity contribution in [1.82, 2.24) is 0 Å². The molecule has 2 aliphatic rings. The van der Waals surface area contributed by atoms with Crippen LogP contribution in [-0.4, -0.2) is 36.0 Å². The van der Waals surface area contributed by atoms with Crippen LogP contribution in [0.2, 0.25) is 0 Å². The van der Waals surface area contributed by atoms with E-state index < -0.39 is 6.29 Å². The molecule has 0 aromatic rings. The molecule has 21 heavy (non-hydrogen) atoms. The van der Waals surface area contributed by atoms with Crippen LogP contribution in [0.1, 0.15) is 51.9 Å². The predicted molar refractivity (Wildman–Crippen MR) is 80.0 cm³/mol. The molecule has 1 heterocycles. The van der Waals surface area contributed by atoms with Gasteiger partial charge in [0.05, 0.1) is 5.92 Å². The lowest BCUT2D eigenvalue weighted by Crippen LogP contribution is -2.29. The second-order valence-corrected chi connectivity index (χ2v) is 6.87. The smallest absolute Gasteiger partial charge is 0.370 e. The Labute approximate surface area is 130 Å². The fourth-order valence-electron chi connectivity index (χ4n) is 2.70. The SMILES string of the molecule is CC(OC(=O)SC1CCCCC1)OC(=O)C1CCOCC1. The first kappa shape index (κ1) is 16.6. The van der Waals surface area contributed by atoms with Gasteiger partial charge >= 0.3 is 11.3 Å². The first-order valence-corrected chi connectivity index (χ1v) is 8.68. The first-order chi connectivity index (χ1) is 10.1. The molecule has 0 aromatic carbocycles. The molecular weight excluding hydrogens is 292 g/mol. The molecule has 1 atom stereocenters. The molecule has 120 valence electrons. The molecule has 0 amide bonds. The van der Waals surface area contributed by atoms with Crippen molar-refractivity contribution < 1.29 is 23.8 Å². The van der Waals surface area contributed by atoms with Gasteiger partial charge in [-0.15, -0.1) is 0 Å². The van der Waals surface area contributed by atoms with E-state index in [-0.39, 0.29) is 17.2 Å². The lowest BCUT2D eigenvalue weighted by Gasteiger charge is -2.23. The van der Waals surface area contributed by atoms with Crippen LogP contribution in [0.15, 0.2) is 0 Å². The van der Waals surface area contributed by atoms with E-state index in [1.807, 2.05) is 0 Å². The van der Waals surface area contributed by atoms with Crippen LogP contribution in [0.5, 0.6) is 0 Å². The number of carbonyl (C=O) groups is 2. The van der Waals surface area contributed by atoms with Gasteiger partial charge in [-0.2, -0.15) is 0 Å². The Hall–Kier alpha value is -0.750. The van der Waals surface area contributed by atoms with Gasteiger partial charge in [-0.25, -0.2) is 4.79 Å². The Morgan fingerprint density at radius 2 is 1.71 bits per heavy atom. The van der Waals surface area contributed by atoms with Crippen LogP contribution in [0.3, 0.4) is 0 Å². The molecule has 1 aliphatic heterocycles. The highest BCUT2D eigenvalue weighted by atomic mass is 32.2. The summed E-state index contributed by atoms with van der Waals surface area (Å²) in [6.45, 7) is 2.77. The van der Waals surface area contributed by atoms with Crippen LogP contribution in [0, 0.1) is 5.92 Å². The number of hydrogen-bond acceptors (Lipinski definition) is 6. The van der Waals surface area contributed by atoms with Crippen molar-refractivity contribution in [3.8, 4) is 0 Å². The molecule has 5 nitrogen and oxygen atoms in total. The van der Waals surface area contributed by atoms with Crippen LogP contribution in [0.25, 0.3) is 0 Å². The van der Waals surface area contributed by atoms with Crippen molar-refractivity contribution >= 4 is 23.0 Å². The zero-order valence-electron chi connectivity index (χ0n) is 12.5.